The molecule has 1 aliphatic carbocycles. The Bertz CT molecular complexity index is 552. The fourth-order valence-corrected chi connectivity index (χ4v) is 2.41. The van der Waals surface area contributed by atoms with Gasteiger partial charge in [-0.2, -0.15) is 0 Å². The zero-order chi connectivity index (χ0) is 13.2. The first-order valence-electron chi connectivity index (χ1n) is 7.18. The average Bonchev–Trinajstić information content (AvgIpc) is 3.14. The molecular weight excluding hydrogens is 234 g/mol. The number of rotatable bonds is 6. The lowest BCUT2D eigenvalue weighted by Gasteiger charge is -2.11. The highest BCUT2D eigenvalue weighted by molar-refractivity contribution is 5.80. The van der Waals surface area contributed by atoms with Gasteiger partial charge in [-0.15, -0.1) is 0 Å². The Morgan fingerprint density at radius 3 is 2.84 bits per heavy atom. The van der Waals surface area contributed by atoms with Crippen molar-refractivity contribution in [3.05, 3.63) is 36.0 Å². The van der Waals surface area contributed by atoms with Crippen LogP contribution in [0.15, 0.2) is 30.5 Å². The summed E-state index contributed by atoms with van der Waals surface area (Å²) in [6.07, 6.45) is 4.90. The molecule has 0 atom stereocenters. The van der Waals surface area contributed by atoms with Crippen LogP contribution < -0.4 is 5.32 Å². The van der Waals surface area contributed by atoms with E-state index in [0.29, 0.717) is 0 Å². The lowest BCUT2D eigenvalue weighted by atomic mass is 10.1. The molecule has 0 radical (unpaired) electrons. The Hall–Kier alpha value is -1.32. The van der Waals surface area contributed by atoms with Gasteiger partial charge in [0.05, 0.1) is 0 Å². The Kier molecular flexibility index (Phi) is 3.58. The number of nitrogens with one attached hydrogen (secondary N) is 1. The van der Waals surface area contributed by atoms with E-state index in [4.69, 9.17) is 0 Å². The van der Waals surface area contributed by atoms with Crippen molar-refractivity contribution in [3.63, 3.8) is 0 Å². The summed E-state index contributed by atoms with van der Waals surface area (Å²) < 4.78 is 2.34. The van der Waals surface area contributed by atoms with Crippen LogP contribution in [-0.4, -0.2) is 36.1 Å². The van der Waals surface area contributed by atoms with Crippen molar-refractivity contribution in [1.29, 1.82) is 0 Å². The SMILES string of the molecule is CN(C)CCn1ccc2cc(CNC3CC3)ccc21. The first-order chi connectivity index (χ1) is 9.22. The van der Waals surface area contributed by atoms with Crippen molar-refractivity contribution in [3.8, 4) is 0 Å². The smallest absolute Gasteiger partial charge is 0.0480 e. The van der Waals surface area contributed by atoms with Gasteiger partial charge in [0.15, 0.2) is 0 Å². The highest BCUT2D eigenvalue weighted by Crippen LogP contribution is 2.21. The Labute approximate surface area is 115 Å². The third-order valence-electron chi connectivity index (χ3n) is 3.80. The highest BCUT2D eigenvalue weighted by Gasteiger charge is 2.19. The van der Waals surface area contributed by atoms with E-state index in [1.54, 1.807) is 0 Å². The summed E-state index contributed by atoms with van der Waals surface area (Å²) in [5.41, 5.74) is 2.74. The van der Waals surface area contributed by atoms with Crippen molar-refractivity contribution in [2.75, 3.05) is 20.6 Å². The van der Waals surface area contributed by atoms with Crippen LogP contribution in [0, 0.1) is 0 Å². The van der Waals surface area contributed by atoms with Crippen molar-refractivity contribution in [1.82, 2.24) is 14.8 Å². The Balaban J connectivity index is 1.72. The molecule has 1 heterocycles. The van der Waals surface area contributed by atoms with E-state index in [2.05, 4.69) is 59.3 Å². The number of nitrogens with zero attached hydrogens (tertiary/aromatic N) is 2. The molecule has 3 rings (SSSR count). The van der Waals surface area contributed by atoms with Crippen LogP contribution in [0.1, 0.15) is 18.4 Å². The minimum absolute atomic E-state index is 0.778. The van der Waals surface area contributed by atoms with E-state index in [1.807, 2.05) is 0 Å². The van der Waals surface area contributed by atoms with E-state index in [-0.39, 0.29) is 0 Å². The summed E-state index contributed by atoms with van der Waals surface area (Å²) >= 11 is 0. The minimum atomic E-state index is 0.778. The van der Waals surface area contributed by atoms with E-state index < -0.39 is 0 Å². The quantitative estimate of drug-likeness (QED) is 0.858. The molecule has 0 aliphatic heterocycles. The summed E-state index contributed by atoms with van der Waals surface area (Å²) in [6.45, 7) is 3.13. The van der Waals surface area contributed by atoms with Gasteiger partial charge < -0.3 is 14.8 Å². The van der Waals surface area contributed by atoms with Crippen molar-refractivity contribution in [2.45, 2.75) is 32.0 Å². The van der Waals surface area contributed by atoms with E-state index in [9.17, 15) is 0 Å². The molecule has 0 amide bonds. The summed E-state index contributed by atoms with van der Waals surface area (Å²) in [4.78, 5) is 2.22. The van der Waals surface area contributed by atoms with E-state index in [1.165, 1.54) is 29.3 Å². The van der Waals surface area contributed by atoms with Crippen molar-refractivity contribution >= 4 is 10.9 Å². The molecule has 1 N–H and O–H groups in total. The second-order valence-electron chi connectivity index (χ2n) is 5.86. The average molecular weight is 257 g/mol. The monoisotopic (exact) mass is 257 g/mol. The maximum Gasteiger partial charge on any atom is 0.0480 e. The first-order valence-corrected chi connectivity index (χ1v) is 7.18. The van der Waals surface area contributed by atoms with Gasteiger partial charge in [0.1, 0.15) is 0 Å². The third-order valence-corrected chi connectivity index (χ3v) is 3.80. The molecule has 1 fully saturated rings. The van der Waals surface area contributed by atoms with Crippen LogP contribution in [-0.2, 0) is 13.1 Å². The summed E-state index contributed by atoms with van der Waals surface area (Å²) in [5.74, 6) is 0. The molecule has 19 heavy (non-hydrogen) atoms. The first kappa shape index (κ1) is 12.7. The molecule has 1 aromatic heterocycles. The fraction of sp³-hybridized carbons (Fsp3) is 0.500. The summed E-state index contributed by atoms with van der Waals surface area (Å²) in [6, 6.07) is 9.83. The summed E-state index contributed by atoms with van der Waals surface area (Å²) in [7, 11) is 4.24. The van der Waals surface area contributed by atoms with Gasteiger partial charge in [-0.05, 0) is 56.1 Å². The molecule has 102 valence electrons. The molecule has 0 saturated heterocycles. The van der Waals surface area contributed by atoms with Crippen LogP contribution in [0.3, 0.4) is 0 Å². The molecular formula is C16H23N3. The molecule has 2 aromatic rings. The number of likely N-dealkylation sites (N-methyl/N-ethyl adjacent to an activating group) is 1. The Morgan fingerprint density at radius 2 is 2.11 bits per heavy atom. The van der Waals surface area contributed by atoms with Crippen LogP contribution in [0.5, 0.6) is 0 Å². The van der Waals surface area contributed by atoms with Crippen LogP contribution in [0.4, 0.5) is 0 Å². The molecule has 1 aliphatic rings. The number of aromatic nitrogens is 1. The lowest BCUT2D eigenvalue weighted by molar-refractivity contribution is 0.387. The normalized spacial score (nSPS) is 15.5. The third kappa shape index (κ3) is 3.17. The standard InChI is InChI=1S/C16H23N3/c1-18(2)9-10-19-8-7-14-11-13(3-6-16(14)19)12-17-15-4-5-15/h3,6-8,11,15,17H,4-5,9-10,12H2,1-2H3. The van der Waals surface area contributed by atoms with E-state index in [0.717, 1.165) is 25.7 Å². The summed E-state index contributed by atoms with van der Waals surface area (Å²) in [5, 5.41) is 4.93. The molecule has 3 nitrogen and oxygen atoms in total. The minimum Gasteiger partial charge on any atom is -0.346 e. The zero-order valence-electron chi connectivity index (χ0n) is 11.9. The highest BCUT2D eigenvalue weighted by atomic mass is 15.1. The van der Waals surface area contributed by atoms with Crippen LogP contribution in [0.2, 0.25) is 0 Å². The Morgan fingerprint density at radius 1 is 1.26 bits per heavy atom. The topological polar surface area (TPSA) is 20.2 Å². The van der Waals surface area contributed by atoms with E-state index >= 15 is 0 Å². The maximum absolute atomic E-state index is 3.57. The van der Waals surface area contributed by atoms with Gasteiger partial charge in [0, 0.05) is 37.4 Å². The molecule has 1 saturated carbocycles. The van der Waals surface area contributed by atoms with Gasteiger partial charge in [0.25, 0.3) is 0 Å². The van der Waals surface area contributed by atoms with Gasteiger partial charge >= 0.3 is 0 Å². The fourth-order valence-electron chi connectivity index (χ4n) is 2.41. The zero-order valence-corrected chi connectivity index (χ0v) is 11.9. The lowest BCUT2D eigenvalue weighted by Crippen LogP contribution is -2.18. The second kappa shape index (κ2) is 5.35. The number of fused-ring (bicyclic) bond motifs is 1. The van der Waals surface area contributed by atoms with Gasteiger partial charge in [-0.25, -0.2) is 0 Å². The predicted octanol–water partition coefficient (Wildman–Crippen LogP) is 2.45. The second-order valence-corrected chi connectivity index (χ2v) is 5.86. The number of hydrogen-bond donors (Lipinski definition) is 1. The molecule has 0 spiro atoms. The van der Waals surface area contributed by atoms with Crippen molar-refractivity contribution < 1.29 is 0 Å². The van der Waals surface area contributed by atoms with Crippen molar-refractivity contribution in [2.24, 2.45) is 0 Å². The molecule has 0 bridgehead atoms. The number of hydrogen-bond acceptors (Lipinski definition) is 2. The molecule has 0 unspecified atom stereocenters. The maximum atomic E-state index is 3.57. The van der Waals surface area contributed by atoms with Gasteiger partial charge in [-0.3, -0.25) is 0 Å². The molecule has 1 aromatic carbocycles. The number of benzene rings is 1. The van der Waals surface area contributed by atoms with Gasteiger partial charge in [0.2, 0.25) is 0 Å². The molecule has 3 heteroatoms. The van der Waals surface area contributed by atoms with Crippen LogP contribution >= 0.6 is 0 Å². The van der Waals surface area contributed by atoms with Crippen LogP contribution in [0.25, 0.3) is 10.9 Å². The predicted molar refractivity (Wildman–Crippen MR) is 80.4 cm³/mol. The largest absolute Gasteiger partial charge is 0.346 e. The van der Waals surface area contributed by atoms with Gasteiger partial charge in [-0.1, -0.05) is 6.07 Å².